The quantitative estimate of drug-likeness (QED) is 0.716. The minimum Gasteiger partial charge on any atom is -0.483 e. The zero-order chi connectivity index (χ0) is 17.6. The lowest BCUT2D eigenvalue weighted by atomic mass is 9.97. The standard InChI is InChI=1S/C16H27BrN2O4/c1-9(2)11-13(23-6)18-10(12(19-11)22-5)7-15(20)14(3,4)16(15,21)8-17/h9-11,20-21H,7-8H2,1-6H3/t10-,11+,15+,16+/m0/s1. The predicted molar refractivity (Wildman–Crippen MR) is 93.4 cm³/mol. The second-order valence-corrected chi connectivity index (χ2v) is 7.79. The van der Waals surface area contributed by atoms with E-state index in [0.717, 1.165) is 0 Å². The summed E-state index contributed by atoms with van der Waals surface area (Å²) in [4.78, 5) is 9.20. The van der Waals surface area contributed by atoms with Crippen LogP contribution >= 0.6 is 15.9 Å². The molecule has 0 aromatic heterocycles. The molecule has 0 aromatic rings. The smallest absolute Gasteiger partial charge is 0.209 e. The van der Waals surface area contributed by atoms with E-state index in [9.17, 15) is 10.2 Å². The molecule has 2 aliphatic rings. The van der Waals surface area contributed by atoms with Crippen molar-refractivity contribution in [3.05, 3.63) is 0 Å². The van der Waals surface area contributed by atoms with E-state index in [4.69, 9.17) is 9.47 Å². The third kappa shape index (κ3) is 2.51. The number of hydrogen-bond acceptors (Lipinski definition) is 6. The van der Waals surface area contributed by atoms with Crippen LogP contribution < -0.4 is 0 Å². The molecular weight excluding hydrogens is 364 g/mol. The molecule has 0 amide bonds. The lowest BCUT2D eigenvalue weighted by Gasteiger charge is -2.28. The zero-order valence-electron chi connectivity index (χ0n) is 14.6. The van der Waals surface area contributed by atoms with Crippen molar-refractivity contribution < 1.29 is 19.7 Å². The van der Waals surface area contributed by atoms with Crippen LogP contribution in [0.4, 0.5) is 0 Å². The van der Waals surface area contributed by atoms with Gasteiger partial charge in [-0.05, 0) is 5.92 Å². The maximum absolute atomic E-state index is 11.0. The molecule has 4 atom stereocenters. The summed E-state index contributed by atoms with van der Waals surface area (Å²) in [7, 11) is 3.12. The largest absolute Gasteiger partial charge is 0.483 e. The highest BCUT2D eigenvalue weighted by Crippen LogP contribution is 2.67. The number of aliphatic imine (C=N–C) groups is 2. The number of nitrogens with zero attached hydrogens (tertiary/aromatic N) is 2. The second-order valence-electron chi connectivity index (χ2n) is 7.23. The third-order valence-electron chi connectivity index (χ3n) is 5.51. The molecule has 0 aromatic carbocycles. The van der Waals surface area contributed by atoms with Crippen LogP contribution in [-0.4, -0.2) is 64.8 Å². The number of halogens is 1. The Morgan fingerprint density at radius 1 is 1.09 bits per heavy atom. The Labute approximate surface area is 146 Å². The van der Waals surface area contributed by atoms with Crippen molar-refractivity contribution >= 4 is 27.7 Å². The van der Waals surface area contributed by atoms with Gasteiger partial charge in [0.15, 0.2) is 0 Å². The Kier molecular flexibility index (Phi) is 4.88. The summed E-state index contributed by atoms with van der Waals surface area (Å²) >= 11 is 3.30. The molecule has 0 unspecified atom stereocenters. The van der Waals surface area contributed by atoms with Crippen LogP contribution in [0.15, 0.2) is 9.98 Å². The van der Waals surface area contributed by atoms with Crippen molar-refractivity contribution in [2.24, 2.45) is 21.3 Å². The fraction of sp³-hybridized carbons (Fsp3) is 0.875. The number of methoxy groups -OCH3 is 2. The van der Waals surface area contributed by atoms with Crippen molar-refractivity contribution in [3.8, 4) is 0 Å². The van der Waals surface area contributed by atoms with Crippen molar-refractivity contribution in [1.29, 1.82) is 0 Å². The lowest BCUT2D eigenvalue weighted by Crippen LogP contribution is -2.41. The first-order chi connectivity index (χ1) is 10.6. The third-order valence-corrected chi connectivity index (χ3v) is 6.32. The first-order valence-corrected chi connectivity index (χ1v) is 8.96. The molecule has 1 heterocycles. The van der Waals surface area contributed by atoms with E-state index in [-0.39, 0.29) is 18.4 Å². The second kappa shape index (κ2) is 6.01. The van der Waals surface area contributed by atoms with Gasteiger partial charge in [-0.2, -0.15) is 0 Å². The highest BCUT2D eigenvalue weighted by Gasteiger charge is 2.82. The van der Waals surface area contributed by atoms with Gasteiger partial charge < -0.3 is 19.7 Å². The summed E-state index contributed by atoms with van der Waals surface area (Å²) < 4.78 is 10.8. The molecule has 2 N–H and O–H groups in total. The molecule has 7 heteroatoms. The fourth-order valence-corrected chi connectivity index (χ4v) is 4.65. The van der Waals surface area contributed by atoms with Crippen LogP contribution in [0.5, 0.6) is 0 Å². The summed E-state index contributed by atoms with van der Waals surface area (Å²) in [6.07, 6.45) is 0.229. The van der Waals surface area contributed by atoms with E-state index in [1.165, 1.54) is 0 Å². The van der Waals surface area contributed by atoms with Crippen LogP contribution in [0, 0.1) is 11.3 Å². The van der Waals surface area contributed by atoms with Crippen LogP contribution in [0.2, 0.25) is 0 Å². The van der Waals surface area contributed by atoms with Gasteiger partial charge in [0.25, 0.3) is 0 Å². The van der Waals surface area contributed by atoms with Gasteiger partial charge in [0.05, 0.1) is 14.2 Å². The number of ether oxygens (including phenoxy) is 2. The minimum absolute atomic E-state index is 0.192. The first-order valence-electron chi connectivity index (χ1n) is 7.83. The molecule has 6 nitrogen and oxygen atoms in total. The first kappa shape index (κ1) is 18.7. The molecule has 0 radical (unpaired) electrons. The van der Waals surface area contributed by atoms with Crippen LogP contribution in [0.25, 0.3) is 0 Å². The van der Waals surface area contributed by atoms with Gasteiger partial charge in [-0.25, -0.2) is 9.98 Å². The summed E-state index contributed by atoms with van der Waals surface area (Å²) in [5.41, 5.74) is -3.10. The molecule has 2 rings (SSSR count). The predicted octanol–water partition coefficient (Wildman–Crippen LogP) is 1.77. The molecule has 132 valence electrons. The van der Waals surface area contributed by atoms with E-state index < -0.39 is 22.7 Å². The number of rotatable bonds is 4. The van der Waals surface area contributed by atoms with E-state index in [0.29, 0.717) is 17.1 Å². The highest BCUT2D eigenvalue weighted by atomic mass is 79.9. The molecule has 23 heavy (non-hydrogen) atoms. The van der Waals surface area contributed by atoms with Crippen molar-refractivity contribution in [3.63, 3.8) is 0 Å². The minimum atomic E-state index is -1.26. The Morgan fingerprint density at radius 3 is 2.04 bits per heavy atom. The van der Waals surface area contributed by atoms with Gasteiger partial charge in [-0.1, -0.05) is 43.6 Å². The van der Waals surface area contributed by atoms with Crippen LogP contribution in [0.3, 0.4) is 0 Å². The van der Waals surface area contributed by atoms with Gasteiger partial charge in [-0.15, -0.1) is 0 Å². The SMILES string of the molecule is COC1=N[C@H](C(C)C)C(OC)=N[C@H]1C[C@@]1(O)C(C)(C)[C@]1(O)CBr. The average Bonchev–Trinajstić information content (AvgIpc) is 2.85. The monoisotopic (exact) mass is 390 g/mol. The molecule has 1 fully saturated rings. The van der Waals surface area contributed by atoms with Gasteiger partial charge >= 0.3 is 0 Å². The van der Waals surface area contributed by atoms with Crippen molar-refractivity contribution in [1.82, 2.24) is 0 Å². The highest BCUT2D eigenvalue weighted by molar-refractivity contribution is 9.09. The Morgan fingerprint density at radius 2 is 1.65 bits per heavy atom. The fourth-order valence-electron chi connectivity index (χ4n) is 3.49. The number of hydrogen-bond donors (Lipinski definition) is 2. The lowest BCUT2D eigenvalue weighted by molar-refractivity contribution is 0.0266. The van der Waals surface area contributed by atoms with E-state index in [1.807, 2.05) is 27.7 Å². The van der Waals surface area contributed by atoms with Crippen molar-refractivity contribution in [2.75, 3.05) is 19.5 Å². The normalized spacial score (nSPS) is 38.9. The van der Waals surface area contributed by atoms with Gasteiger partial charge in [-0.3, -0.25) is 0 Å². The van der Waals surface area contributed by atoms with Crippen LogP contribution in [-0.2, 0) is 9.47 Å². The van der Waals surface area contributed by atoms with Gasteiger partial charge in [0.2, 0.25) is 11.8 Å². The average molecular weight is 391 g/mol. The molecule has 0 spiro atoms. The molecular formula is C16H27BrN2O4. The topological polar surface area (TPSA) is 83.6 Å². The Hall–Kier alpha value is -0.660. The molecule has 1 aliphatic carbocycles. The van der Waals surface area contributed by atoms with E-state index in [1.54, 1.807) is 14.2 Å². The van der Waals surface area contributed by atoms with E-state index >= 15 is 0 Å². The molecule has 1 saturated carbocycles. The molecule has 0 saturated heterocycles. The van der Waals surface area contributed by atoms with Gasteiger partial charge in [0, 0.05) is 17.2 Å². The Balaban J connectivity index is 2.30. The number of aliphatic hydroxyl groups is 2. The maximum atomic E-state index is 11.0. The maximum Gasteiger partial charge on any atom is 0.209 e. The van der Waals surface area contributed by atoms with E-state index in [2.05, 4.69) is 25.9 Å². The molecule has 1 aliphatic heterocycles. The van der Waals surface area contributed by atoms with Crippen LogP contribution in [0.1, 0.15) is 34.1 Å². The van der Waals surface area contributed by atoms with Crippen molar-refractivity contribution in [2.45, 2.75) is 57.4 Å². The summed E-state index contributed by atoms with van der Waals surface area (Å²) in [5.74, 6) is 1.23. The Bertz CT molecular complexity index is 534. The summed E-state index contributed by atoms with van der Waals surface area (Å²) in [5, 5.41) is 22.0. The number of alkyl halides is 1. The summed E-state index contributed by atoms with van der Waals surface area (Å²) in [6, 6.07) is -0.662. The summed E-state index contributed by atoms with van der Waals surface area (Å²) in [6.45, 7) is 7.77. The van der Waals surface area contributed by atoms with Gasteiger partial charge in [0.1, 0.15) is 23.3 Å². The zero-order valence-corrected chi connectivity index (χ0v) is 16.2. The molecule has 0 bridgehead atoms.